The number of anilines is 1. The van der Waals surface area contributed by atoms with Crippen LogP contribution in [-0.2, 0) is 10.0 Å². The van der Waals surface area contributed by atoms with Gasteiger partial charge in [0.15, 0.2) is 23.2 Å². The molecule has 0 unspecified atom stereocenters. The van der Waals surface area contributed by atoms with Crippen LogP contribution < -0.4 is 14.2 Å². The van der Waals surface area contributed by atoms with Crippen LogP contribution >= 0.6 is 11.3 Å². The van der Waals surface area contributed by atoms with Gasteiger partial charge in [-0.25, -0.2) is 13.4 Å². The average Bonchev–Trinajstić information content (AvgIpc) is 3.39. The van der Waals surface area contributed by atoms with Gasteiger partial charge in [-0.3, -0.25) is 9.52 Å². The summed E-state index contributed by atoms with van der Waals surface area (Å²) in [6.07, 6.45) is 0. The SMILES string of the molecule is COc1ccc(-c2csc([C@@H](C#N)C(=O)c3cc(S(=O)(=O)Nc4ccc(C)cc4)ccc3C)n2)cc1OC. The first kappa shape index (κ1) is 26.9. The molecular weight excluding hydrogens is 522 g/mol. The number of nitriles is 1. The number of hydrogen-bond acceptors (Lipinski definition) is 8. The monoisotopic (exact) mass is 547 g/mol. The smallest absolute Gasteiger partial charge is 0.261 e. The molecule has 0 amide bonds. The number of methoxy groups -OCH3 is 2. The summed E-state index contributed by atoms with van der Waals surface area (Å²) in [6.45, 7) is 3.60. The second kappa shape index (κ2) is 11.0. The van der Waals surface area contributed by atoms with Crippen LogP contribution in [0.4, 0.5) is 5.69 Å². The molecule has 0 fully saturated rings. The van der Waals surface area contributed by atoms with Crippen LogP contribution in [0.2, 0.25) is 0 Å². The van der Waals surface area contributed by atoms with Crippen LogP contribution in [-0.4, -0.2) is 33.4 Å². The summed E-state index contributed by atoms with van der Waals surface area (Å²) in [5, 5.41) is 12.0. The summed E-state index contributed by atoms with van der Waals surface area (Å²) < 4.78 is 39.2. The number of hydrogen-bond donors (Lipinski definition) is 1. The number of benzene rings is 3. The highest BCUT2D eigenvalue weighted by atomic mass is 32.2. The number of carbonyl (C=O) groups excluding carboxylic acids is 1. The molecule has 4 aromatic rings. The molecule has 3 aromatic carbocycles. The number of Topliss-reactive ketones (excluding diaryl/α,β-unsaturated/α-hetero) is 1. The van der Waals surface area contributed by atoms with E-state index >= 15 is 0 Å². The molecule has 0 bridgehead atoms. The van der Waals surface area contributed by atoms with E-state index in [0.717, 1.165) is 11.1 Å². The van der Waals surface area contributed by atoms with Gasteiger partial charge in [0.05, 0.1) is 30.9 Å². The molecule has 0 aliphatic carbocycles. The van der Waals surface area contributed by atoms with Gasteiger partial charge < -0.3 is 9.47 Å². The van der Waals surface area contributed by atoms with Gasteiger partial charge in [-0.2, -0.15) is 5.26 Å². The summed E-state index contributed by atoms with van der Waals surface area (Å²) >= 11 is 1.18. The largest absolute Gasteiger partial charge is 0.493 e. The first-order valence-corrected chi connectivity index (χ1v) is 13.8. The highest BCUT2D eigenvalue weighted by molar-refractivity contribution is 7.92. The predicted octanol–water partition coefficient (Wildman–Crippen LogP) is 5.74. The van der Waals surface area contributed by atoms with Gasteiger partial charge in [0.1, 0.15) is 5.01 Å². The number of thiazole rings is 1. The van der Waals surface area contributed by atoms with Crippen molar-refractivity contribution in [1.29, 1.82) is 5.26 Å². The third-order valence-electron chi connectivity index (χ3n) is 5.93. The number of ether oxygens (including phenoxy) is 2. The van der Waals surface area contributed by atoms with Crippen LogP contribution in [0.5, 0.6) is 11.5 Å². The van der Waals surface area contributed by atoms with Gasteiger partial charge in [-0.05, 0) is 61.9 Å². The maximum atomic E-state index is 13.5. The summed E-state index contributed by atoms with van der Waals surface area (Å²) in [5.41, 5.74) is 3.42. The topological polar surface area (TPSA) is 118 Å². The number of ketones is 1. The Bertz CT molecular complexity index is 1640. The van der Waals surface area contributed by atoms with Crippen LogP contribution in [0, 0.1) is 25.2 Å². The van der Waals surface area contributed by atoms with Crippen LogP contribution in [0.25, 0.3) is 11.3 Å². The molecule has 194 valence electrons. The van der Waals surface area contributed by atoms with Crippen LogP contribution in [0.1, 0.15) is 32.4 Å². The Morgan fingerprint density at radius 1 is 1.00 bits per heavy atom. The zero-order valence-electron chi connectivity index (χ0n) is 21.2. The molecule has 0 radical (unpaired) electrons. The van der Waals surface area contributed by atoms with Crippen molar-refractivity contribution >= 4 is 32.8 Å². The van der Waals surface area contributed by atoms with Gasteiger partial charge in [-0.1, -0.05) is 23.8 Å². The van der Waals surface area contributed by atoms with Crippen molar-refractivity contribution in [3.8, 4) is 28.8 Å². The van der Waals surface area contributed by atoms with E-state index in [1.165, 1.54) is 30.6 Å². The molecule has 1 aromatic heterocycles. The van der Waals surface area contributed by atoms with Gasteiger partial charge in [0.25, 0.3) is 10.0 Å². The maximum absolute atomic E-state index is 13.5. The molecule has 1 N–H and O–H groups in total. The third kappa shape index (κ3) is 5.54. The molecule has 4 rings (SSSR count). The highest BCUT2D eigenvalue weighted by Gasteiger charge is 2.28. The number of carbonyl (C=O) groups is 1. The van der Waals surface area contributed by atoms with Gasteiger partial charge in [0, 0.05) is 22.2 Å². The van der Waals surface area contributed by atoms with E-state index in [9.17, 15) is 18.5 Å². The van der Waals surface area contributed by atoms with E-state index in [0.29, 0.717) is 33.5 Å². The molecule has 0 spiro atoms. The van der Waals surface area contributed by atoms with Crippen molar-refractivity contribution in [3.63, 3.8) is 0 Å². The summed E-state index contributed by atoms with van der Waals surface area (Å²) in [5.74, 6) is -0.625. The summed E-state index contributed by atoms with van der Waals surface area (Å²) in [4.78, 5) is 18.0. The zero-order valence-corrected chi connectivity index (χ0v) is 22.8. The van der Waals surface area contributed by atoms with Gasteiger partial charge >= 0.3 is 0 Å². The van der Waals surface area contributed by atoms with Crippen molar-refractivity contribution in [3.05, 3.63) is 87.7 Å². The average molecular weight is 548 g/mol. The first-order chi connectivity index (χ1) is 18.2. The fourth-order valence-electron chi connectivity index (χ4n) is 3.80. The normalized spacial score (nSPS) is 11.9. The predicted molar refractivity (Wildman–Crippen MR) is 147 cm³/mol. The number of nitrogens with one attached hydrogen (secondary N) is 1. The molecule has 0 saturated heterocycles. The first-order valence-electron chi connectivity index (χ1n) is 11.5. The minimum Gasteiger partial charge on any atom is -0.493 e. The molecular formula is C28H25N3O5S2. The summed E-state index contributed by atoms with van der Waals surface area (Å²) in [7, 11) is -0.883. The van der Waals surface area contributed by atoms with Crippen LogP contribution in [0.3, 0.4) is 0 Å². The second-order valence-electron chi connectivity index (χ2n) is 8.52. The quantitative estimate of drug-likeness (QED) is 0.266. The molecule has 10 heteroatoms. The Labute approximate surface area is 225 Å². The Hall–Kier alpha value is -4.20. The standard InChI is InChI=1S/C28H25N3O5S2/c1-17-5-9-20(10-6-17)31-38(33,34)21-11-7-18(2)22(14-21)27(32)23(15-29)28-30-24(16-37-28)19-8-12-25(35-3)26(13-19)36-4/h5-14,16,23,31H,1-4H3/t23-/m0/s1. The lowest BCUT2D eigenvalue weighted by molar-refractivity contribution is 0.0978. The van der Waals surface area contributed by atoms with Crippen LogP contribution in [0.15, 0.2) is 70.9 Å². The zero-order chi connectivity index (χ0) is 27.4. The Balaban J connectivity index is 1.63. The number of nitrogens with zero attached hydrogens (tertiary/aromatic N) is 2. The van der Waals surface area contributed by atoms with E-state index in [1.54, 1.807) is 61.9 Å². The number of aryl methyl sites for hydroxylation is 2. The van der Waals surface area contributed by atoms with Crippen molar-refractivity contribution < 1.29 is 22.7 Å². The van der Waals surface area contributed by atoms with Crippen molar-refractivity contribution in [2.24, 2.45) is 0 Å². The molecule has 0 aliphatic heterocycles. The van der Waals surface area contributed by atoms with Crippen molar-refractivity contribution in [2.45, 2.75) is 24.7 Å². The molecule has 8 nitrogen and oxygen atoms in total. The van der Waals surface area contributed by atoms with E-state index in [-0.39, 0.29) is 10.5 Å². The lowest BCUT2D eigenvalue weighted by Gasteiger charge is -2.12. The van der Waals surface area contributed by atoms with Crippen molar-refractivity contribution in [2.75, 3.05) is 18.9 Å². The van der Waals surface area contributed by atoms with E-state index in [4.69, 9.17) is 9.47 Å². The summed E-state index contributed by atoms with van der Waals surface area (Å²) in [6, 6.07) is 18.6. The minimum absolute atomic E-state index is 0.0751. The van der Waals surface area contributed by atoms with Crippen molar-refractivity contribution in [1.82, 2.24) is 4.98 Å². The minimum atomic E-state index is -3.96. The lowest BCUT2D eigenvalue weighted by atomic mass is 9.96. The lowest BCUT2D eigenvalue weighted by Crippen LogP contribution is -2.16. The fourth-order valence-corrected chi connectivity index (χ4v) is 5.75. The number of rotatable bonds is 9. The van der Waals surface area contributed by atoms with E-state index < -0.39 is 21.7 Å². The highest BCUT2D eigenvalue weighted by Crippen LogP contribution is 2.34. The molecule has 1 heterocycles. The molecule has 0 saturated carbocycles. The van der Waals surface area contributed by atoms with E-state index in [2.05, 4.69) is 9.71 Å². The Morgan fingerprint density at radius 3 is 2.37 bits per heavy atom. The van der Waals surface area contributed by atoms with Gasteiger partial charge in [0.2, 0.25) is 0 Å². The number of aromatic nitrogens is 1. The third-order valence-corrected chi connectivity index (χ3v) is 8.22. The second-order valence-corrected chi connectivity index (χ2v) is 11.1. The molecule has 0 aliphatic rings. The Kier molecular flexibility index (Phi) is 7.80. The fraction of sp³-hybridized carbons (Fsp3) is 0.179. The maximum Gasteiger partial charge on any atom is 0.261 e. The molecule has 38 heavy (non-hydrogen) atoms. The molecule has 1 atom stereocenters. The van der Waals surface area contributed by atoms with Gasteiger partial charge in [-0.15, -0.1) is 11.3 Å². The number of sulfonamides is 1. The van der Waals surface area contributed by atoms with E-state index in [1.807, 2.05) is 19.1 Å². The Morgan fingerprint density at radius 2 is 1.71 bits per heavy atom.